The molecule has 72 valence electrons. The van der Waals surface area contributed by atoms with Crippen LogP contribution in [-0.4, -0.2) is 20.6 Å². The Morgan fingerprint density at radius 1 is 1.69 bits per heavy atom. The maximum Gasteiger partial charge on any atom is 0.309 e. The van der Waals surface area contributed by atoms with Crippen LogP contribution >= 0.6 is 11.6 Å². The highest BCUT2D eigenvalue weighted by atomic mass is 35.5. The van der Waals surface area contributed by atoms with Gasteiger partial charge in [0.25, 0.3) is 0 Å². The zero-order valence-electron chi connectivity index (χ0n) is 7.54. The van der Waals surface area contributed by atoms with Crippen LogP contribution in [0.3, 0.4) is 0 Å². The van der Waals surface area contributed by atoms with Gasteiger partial charge in [-0.2, -0.15) is 0 Å². The Kier molecular flexibility index (Phi) is 2.93. The van der Waals surface area contributed by atoms with E-state index in [-0.39, 0.29) is 6.42 Å². The van der Waals surface area contributed by atoms with Crippen LogP contribution in [0.15, 0.2) is 0 Å². The number of imidazole rings is 1. The zero-order chi connectivity index (χ0) is 10.0. The first kappa shape index (κ1) is 10.1. The highest BCUT2D eigenvalue weighted by Crippen LogP contribution is 2.17. The molecule has 1 rings (SSSR count). The number of aliphatic carboxylic acids is 1. The highest BCUT2D eigenvalue weighted by molar-refractivity contribution is 6.30. The third-order valence-corrected chi connectivity index (χ3v) is 2.29. The van der Waals surface area contributed by atoms with Gasteiger partial charge >= 0.3 is 5.97 Å². The predicted octanol–water partition coefficient (Wildman–Crippen LogP) is 1.26. The molecule has 0 aromatic carbocycles. The van der Waals surface area contributed by atoms with Gasteiger partial charge in [-0.1, -0.05) is 18.5 Å². The van der Waals surface area contributed by atoms with Crippen LogP contribution in [-0.2, 0) is 24.7 Å². The minimum absolute atomic E-state index is 0.118. The fourth-order valence-electron chi connectivity index (χ4n) is 1.16. The average molecular weight is 203 g/mol. The van der Waals surface area contributed by atoms with E-state index < -0.39 is 5.97 Å². The number of hydrogen-bond donors (Lipinski definition) is 1. The molecule has 0 bridgehead atoms. The molecule has 1 aromatic heterocycles. The smallest absolute Gasteiger partial charge is 0.309 e. The molecule has 1 aromatic rings. The lowest BCUT2D eigenvalue weighted by Gasteiger charge is -1.96. The van der Waals surface area contributed by atoms with E-state index in [0.717, 1.165) is 12.2 Å². The van der Waals surface area contributed by atoms with Crippen molar-refractivity contribution in [1.82, 2.24) is 9.55 Å². The topological polar surface area (TPSA) is 55.1 Å². The van der Waals surface area contributed by atoms with E-state index in [9.17, 15) is 4.79 Å². The second kappa shape index (κ2) is 3.79. The van der Waals surface area contributed by atoms with Crippen molar-refractivity contribution in [3.05, 3.63) is 16.7 Å². The standard InChI is InChI=1S/C8H11ClN2O2/c1-3-6-10-5(4-7(12)13)8(9)11(6)2/h3-4H2,1-2H3,(H,12,13). The lowest BCUT2D eigenvalue weighted by molar-refractivity contribution is -0.136. The minimum Gasteiger partial charge on any atom is -0.481 e. The quantitative estimate of drug-likeness (QED) is 0.803. The molecule has 0 radical (unpaired) electrons. The summed E-state index contributed by atoms with van der Waals surface area (Å²) in [5.41, 5.74) is 0.438. The molecule has 0 saturated heterocycles. The van der Waals surface area contributed by atoms with Crippen molar-refractivity contribution in [3.8, 4) is 0 Å². The second-order valence-corrected chi connectivity index (χ2v) is 3.11. The fourth-order valence-corrected chi connectivity index (χ4v) is 1.36. The van der Waals surface area contributed by atoms with E-state index >= 15 is 0 Å². The van der Waals surface area contributed by atoms with Crippen LogP contribution in [0.4, 0.5) is 0 Å². The third-order valence-electron chi connectivity index (χ3n) is 1.82. The van der Waals surface area contributed by atoms with E-state index in [1.54, 1.807) is 11.6 Å². The van der Waals surface area contributed by atoms with E-state index in [0.29, 0.717) is 10.8 Å². The van der Waals surface area contributed by atoms with E-state index in [2.05, 4.69) is 4.98 Å². The lowest BCUT2D eigenvalue weighted by atomic mass is 10.3. The van der Waals surface area contributed by atoms with Crippen molar-refractivity contribution in [1.29, 1.82) is 0 Å². The summed E-state index contributed by atoms with van der Waals surface area (Å²) in [5, 5.41) is 8.97. The van der Waals surface area contributed by atoms with Gasteiger partial charge in [0.15, 0.2) is 0 Å². The molecule has 4 nitrogen and oxygen atoms in total. The summed E-state index contributed by atoms with van der Waals surface area (Å²) in [4.78, 5) is 14.5. The van der Waals surface area contributed by atoms with E-state index in [1.807, 2.05) is 6.92 Å². The maximum absolute atomic E-state index is 10.4. The summed E-state index contributed by atoms with van der Waals surface area (Å²) in [6, 6.07) is 0. The van der Waals surface area contributed by atoms with Crippen molar-refractivity contribution < 1.29 is 9.90 Å². The molecule has 13 heavy (non-hydrogen) atoms. The summed E-state index contributed by atoms with van der Waals surface area (Å²) >= 11 is 5.87. The normalized spacial score (nSPS) is 10.4. The first-order chi connectivity index (χ1) is 6.06. The molecule has 0 spiro atoms. The number of aromatic nitrogens is 2. The Bertz CT molecular complexity index is 333. The van der Waals surface area contributed by atoms with Crippen LogP contribution in [0.5, 0.6) is 0 Å². The van der Waals surface area contributed by atoms with Gasteiger partial charge in [0.05, 0.1) is 12.1 Å². The SMILES string of the molecule is CCc1nc(CC(=O)O)c(Cl)n1C. The largest absolute Gasteiger partial charge is 0.481 e. The van der Waals surface area contributed by atoms with Gasteiger partial charge < -0.3 is 9.67 Å². The van der Waals surface area contributed by atoms with Crippen LogP contribution in [0.1, 0.15) is 18.4 Å². The molecule has 0 unspecified atom stereocenters. The van der Waals surface area contributed by atoms with Crippen molar-refractivity contribution in [2.24, 2.45) is 7.05 Å². The van der Waals surface area contributed by atoms with Crippen LogP contribution in [0.25, 0.3) is 0 Å². The Balaban J connectivity index is 3.02. The molecule has 0 saturated carbocycles. The number of hydrogen-bond acceptors (Lipinski definition) is 2. The van der Waals surface area contributed by atoms with Crippen LogP contribution < -0.4 is 0 Å². The summed E-state index contributed by atoms with van der Waals surface area (Å²) in [6.07, 6.45) is 0.627. The van der Waals surface area contributed by atoms with E-state index in [1.165, 1.54) is 0 Å². The van der Waals surface area contributed by atoms with Crippen molar-refractivity contribution >= 4 is 17.6 Å². The fraction of sp³-hybridized carbons (Fsp3) is 0.500. The van der Waals surface area contributed by atoms with Gasteiger partial charge in [-0.3, -0.25) is 4.79 Å². The van der Waals surface area contributed by atoms with Gasteiger partial charge in [0.2, 0.25) is 0 Å². The Morgan fingerprint density at radius 2 is 2.31 bits per heavy atom. The molecule has 0 aliphatic carbocycles. The summed E-state index contributed by atoms with van der Waals surface area (Å²) in [6.45, 7) is 1.95. The summed E-state index contributed by atoms with van der Waals surface area (Å²) in [5.74, 6) is -0.107. The Morgan fingerprint density at radius 3 is 2.69 bits per heavy atom. The predicted molar refractivity (Wildman–Crippen MR) is 48.9 cm³/mol. The molecular formula is C8H11ClN2O2. The van der Waals surface area contributed by atoms with Gasteiger partial charge in [0, 0.05) is 13.5 Å². The molecule has 1 heterocycles. The highest BCUT2D eigenvalue weighted by Gasteiger charge is 2.13. The third kappa shape index (κ3) is 2.01. The first-order valence-corrected chi connectivity index (χ1v) is 4.35. The molecule has 0 amide bonds. The number of carboxylic acid groups (broad SMARTS) is 1. The maximum atomic E-state index is 10.4. The molecule has 0 atom stereocenters. The number of carbonyl (C=O) groups is 1. The Hall–Kier alpha value is -1.03. The van der Waals surface area contributed by atoms with Crippen molar-refractivity contribution in [2.45, 2.75) is 19.8 Å². The van der Waals surface area contributed by atoms with Crippen molar-refractivity contribution in [2.75, 3.05) is 0 Å². The number of nitrogens with zero attached hydrogens (tertiary/aromatic N) is 2. The zero-order valence-corrected chi connectivity index (χ0v) is 8.30. The van der Waals surface area contributed by atoms with Gasteiger partial charge in [0.1, 0.15) is 11.0 Å². The van der Waals surface area contributed by atoms with Gasteiger partial charge in [-0.25, -0.2) is 4.98 Å². The van der Waals surface area contributed by atoms with Crippen molar-refractivity contribution in [3.63, 3.8) is 0 Å². The summed E-state index contributed by atoms with van der Waals surface area (Å²) in [7, 11) is 1.78. The molecule has 0 aliphatic rings. The first-order valence-electron chi connectivity index (χ1n) is 3.98. The van der Waals surface area contributed by atoms with Crippen LogP contribution in [0, 0.1) is 0 Å². The average Bonchev–Trinajstić information content (AvgIpc) is 2.32. The molecule has 5 heteroatoms. The number of carboxylic acids is 1. The van der Waals surface area contributed by atoms with E-state index in [4.69, 9.17) is 16.7 Å². The second-order valence-electron chi connectivity index (χ2n) is 2.75. The van der Waals surface area contributed by atoms with Gasteiger partial charge in [-0.05, 0) is 0 Å². The number of rotatable bonds is 3. The molecule has 0 aliphatic heterocycles. The number of aryl methyl sites for hydroxylation is 1. The summed E-state index contributed by atoms with van der Waals surface area (Å²) < 4.78 is 1.71. The molecule has 1 N–H and O–H groups in total. The lowest BCUT2D eigenvalue weighted by Crippen LogP contribution is -2.01. The molecular weight excluding hydrogens is 192 g/mol. The molecule has 0 fully saturated rings. The Labute approximate surface area is 81.2 Å². The monoisotopic (exact) mass is 202 g/mol. The minimum atomic E-state index is -0.914. The van der Waals surface area contributed by atoms with Gasteiger partial charge in [-0.15, -0.1) is 0 Å². The van der Waals surface area contributed by atoms with Crippen LogP contribution in [0.2, 0.25) is 5.15 Å². The number of halogens is 1.